The van der Waals surface area contributed by atoms with Crippen LogP contribution in [0.5, 0.6) is 0 Å². The van der Waals surface area contributed by atoms with E-state index in [9.17, 15) is 14.9 Å². The van der Waals surface area contributed by atoms with Crippen LogP contribution < -0.4 is 0 Å². The van der Waals surface area contributed by atoms with Crippen molar-refractivity contribution in [2.24, 2.45) is 0 Å². The van der Waals surface area contributed by atoms with Gasteiger partial charge in [0.2, 0.25) is 0 Å². The molecule has 0 aliphatic heterocycles. The van der Waals surface area contributed by atoms with Crippen molar-refractivity contribution >= 4 is 5.97 Å². The molecule has 2 unspecified atom stereocenters. The van der Waals surface area contributed by atoms with Crippen molar-refractivity contribution < 1.29 is 14.5 Å². The highest BCUT2D eigenvalue weighted by Gasteiger charge is 2.74. The van der Waals surface area contributed by atoms with Crippen LogP contribution in [0.25, 0.3) is 0 Å². The minimum atomic E-state index is -1.61. The third kappa shape index (κ3) is 2.53. The molecule has 1 aromatic carbocycles. The maximum atomic E-state index is 12.2. The van der Waals surface area contributed by atoms with Crippen LogP contribution >= 0.6 is 0 Å². The van der Waals surface area contributed by atoms with Gasteiger partial charge in [-0.2, -0.15) is 0 Å². The van der Waals surface area contributed by atoms with Crippen LogP contribution in [-0.2, 0) is 9.53 Å². The SMILES string of the molecule is Cc1ccc(C2CC2(C(=O)OC(C)(C)C)[N+](=O)[O-])cc1. The van der Waals surface area contributed by atoms with E-state index in [0.29, 0.717) is 0 Å². The van der Waals surface area contributed by atoms with E-state index in [1.54, 1.807) is 20.8 Å². The van der Waals surface area contributed by atoms with Gasteiger partial charge in [0.05, 0.1) is 5.92 Å². The van der Waals surface area contributed by atoms with Gasteiger partial charge in [0.25, 0.3) is 0 Å². The number of nitrogens with zero attached hydrogens (tertiary/aromatic N) is 1. The van der Waals surface area contributed by atoms with Crippen LogP contribution in [0.4, 0.5) is 0 Å². The number of nitro groups is 1. The first-order valence-corrected chi connectivity index (χ1v) is 6.61. The Bertz CT molecular complexity index is 544. The second-order valence-electron chi connectivity index (χ2n) is 6.35. The lowest BCUT2D eigenvalue weighted by molar-refractivity contribution is -0.527. The van der Waals surface area contributed by atoms with Gasteiger partial charge in [-0.15, -0.1) is 0 Å². The zero-order valence-corrected chi connectivity index (χ0v) is 12.2. The largest absolute Gasteiger partial charge is 0.455 e. The Morgan fingerprint density at radius 1 is 1.35 bits per heavy atom. The van der Waals surface area contributed by atoms with Crippen LogP contribution in [0.15, 0.2) is 24.3 Å². The number of rotatable bonds is 3. The fourth-order valence-electron chi connectivity index (χ4n) is 2.31. The summed E-state index contributed by atoms with van der Waals surface area (Å²) in [7, 11) is 0. The molecule has 0 bridgehead atoms. The molecule has 1 saturated carbocycles. The second-order valence-corrected chi connectivity index (χ2v) is 6.35. The molecule has 0 radical (unpaired) electrons. The second kappa shape index (κ2) is 4.58. The molecule has 20 heavy (non-hydrogen) atoms. The summed E-state index contributed by atoms with van der Waals surface area (Å²) < 4.78 is 5.22. The summed E-state index contributed by atoms with van der Waals surface area (Å²) in [5.41, 5.74) is -0.431. The van der Waals surface area contributed by atoms with Crippen molar-refractivity contribution in [1.82, 2.24) is 0 Å². The van der Waals surface area contributed by atoms with Crippen LogP contribution in [0, 0.1) is 17.0 Å². The summed E-state index contributed by atoms with van der Waals surface area (Å²) in [6.07, 6.45) is 0.206. The maximum absolute atomic E-state index is 12.2. The number of benzene rings is 1. The summed E-state index contributed by atoms with van der Waals surface area (Å²) in [5, 5.41) is 11.4. The lowest BCUT2D eigenvalue weighted by atomic mass is 10.0. The quantitative estimate of drug-likeness (QED) is 0.484. The molecule has 2 atom stereocenters. The number of carbonyl (C=O) groups is 1. The highest BCUT2D eigenvalue weighted by Crippen LogP contribution is 2.54. The molecule has 1 aliphatic carbocycles. The van der Waals surface area contributed by atoms with Crippen LogP contribution in [0.2, 0.25) is 0 Å². The summed E-state index contributed by atoms with van der Waals surface area (Å²) in [4.78, 5) is 23.0. The molecule has 1 aliphatic rings. The highest BCUT2D eigenvalue weighted by atomic mass is 16.6. The number of ether oxygens (including phenoxy) is 1. The molecule has 2 rings (SSSR count). The van der Waals surface area contributed by atoms with Crippen molar-refractivity contribution in [2.45, 2.75) is 51.2 Å². The fourth-order valence-corrected chi connectivity index (χ4v) is 2.31. The van der Waals surface area contributed by atoms with E-state index in [1.807, 2.05) is 31.2 Å². The molecule has 0 heterocycles. The van der Waals surface area contributed by atoms with Crippen molar-refractivity contribution in [3.8, 4) is 0 Å². The predicted molar refractivity (Wildman–Crippen MR) is 74.1 cm³/mol. The molecule has 0 amide bonds. The van der Waals surface area contributed by atoms with Gasteiger partial charge in [0.15, 0.2) is 0 Å². The molecular weight excluding hydrogens is 258 g/mol. The lowest BCUT2D eigenvalue weighted by Crippen LogP contribution is -2.39. The Labute approximate surface area is 118 Å². The smallest absolute Gasteiger partial charge is 0.386 e. The van der Waals surface area contributed by atoms with Crippen LogP contribution in [0.3, 0.4) is 0 Å². The predicted octanol–water partition coefficient (Wildman–Crippen LogP) is 2.84. The van der Waals surface area contributed by atoms with Gasteiger partial charge in [0.1, 0.15) is 5.60 Å². The monoisotopic (exact) mass is 277 g/mol. The molecule has 5 heteroatoms. The third-order valence-corrected chi connectivity index (χ3v) is 3.49. The van der Waals surface area contributed by atoms with E-state index in [2.05, 4.69) is 0 Å². The molecule has 5 nitrogen and oxygen atoms in total. The Morgan fingerprint density at radius 3 is 2.35 bits per heavy atom. The van der Waals surface area contributed by atoms with Crippen LogP contribution in [-0.4, -0.2) is 22.0 Å². The Kier molecular flexibility index (Phi) is 3.32. The average molecular weight is 277 g/mol. The normalized spacial score (nSPS) is 25.1. The Balaban J connectivity index is 2.25. The first-order chi connectivity index (χ1) is 9.17. The van der Waals surface area contributed by atoms with E-state index in [1.165, 1.54) is 0 Å². The van der Waals surface area contributed by atoms with E-state index < -0.39 is 28.0 Å². The molecule has 1 aromatic rings. The molecule has 0 aromatic heterocycles. The Hall–Kier alpha value is -1.91. The zero-order valence-electron chi connectivity index (χ0n) is 12.2. The average Bonchev–Trinajstić information content (AvgIpc) is 3.04. The number of hydrogen-bond acceptors (Lipinski definition) is 4. The van der Waals surface area contributed by atoms with Crippen LogP contribution in [0.1, 0.15) is 44.2 Å². The van der Waals surface area contributed by atoms with Gasteiger partial charge in [-0.05, 0) is 33.3 Å². The molecule has 0 N–H and O–H groups in total. The van der Waals surface area contributed by atoms with Gasteiger partial charge >= 0.3 is 11.5 Å². The molecule has 108 valence electrons. The van der Waals surface area contributed by atoms with Gasteiger partial charge in [-0.1, -0.05) is 29.8 Å². The number of hydrogen-bond donors (Lipinski definition) is 0. The molecule has 0 saturated heterocycles. The first-order valence-electron chi connectivity index (χ1n) is 6.61. The van der Waals surface area contributed by atoms with Crippen molar-refractivity contribution in [3.63, 3.8) is 0 Å². The Morgan fingerprint density at radius 2 is 1.90 bits per heavy atom. The number of esters is 1. The van der Waals surface area contributed by atoms with Crippen molar-refractivity contribution in [1.29, 1.82) is 0 Å². The summed E-state index contributed by atoms with van der Waals surface area (Å²) in [6, 6.07) is 7.48. The molecule has 0 spiro atoms. The van der Waals surface area contributed by atoms with E-state index in [0.717, 1.165) is 11.1 Å². The van der Waals surface area contributed by atoms with Crippen molar-refractivity contribution in [3.05, 3.63) is 45.5 Å². The fraction of sp³-hybridized carbons (Fsp3) is 0.533. The van der Waals surface area contributed by atoms with E-state index in [4.69, 9.17) is 4.74 Å². The van der Waals surface area contributed by atoms with Crippen molar-refractivity contribution in [2.75, 3.05) is 0 Å². The summed E-state index contributed by atoms with van der Waals surface area (Å²) in [6.45, 7) is 7.08. The number of aryl methyl sites for hydroxylation is 1. The summed E-state index contributed by atoms with van der Waals surface area (Å²) >= 11 is 0. The molecular formula is C15H19NO4. The minimum absolute atomic E-state index is 0.206. The van der Waals surface area contributed by atoms with Gasteiger partial charge < -0.3 is 4.74 Å². The topological polar surface area (TPSA) is 69.4 Å². The standard InChI is InChI=1S/C15H19NO4/c1-10-5-7-11(8-6-10)12-9-15(12,16(18)19)13(17)20-14(2,3)4/h5-8,12H,9H2,1-4H3. The third-order valence-electron chi connectivity index (χ3n) is 3.49. The maximum Gasteiger partial charge on any atom is 0.386 e. The van der Waals surface area contributed by atoms with Gasteiger partial charge in [-0.25, -0.2) is 4.79 Å². The van der Waals surface area contributed by atoms with Gasteiger partial charge in [-0.3, -0.25) is 10.1 Å². The van der Waals surface area contributed by atoms with E-state index >= 15 is 0 Å². The number of carbonyl (C=O) groups excluding carboxylic acids is 1. The summed E-state index contributed by atoms with van der Waals surface area (Å²) in [5.74, 6) is -1.13. The van der Waals surface area contributed by atoms with Gasteiger partial charge in [0, 0.05) is 11.3 Å². The highest BCUT2D eigenvalue weighted by molar-refractivity contribution is 5.85. The minimum Gasteiger partial charge on any atom is -0.455 e. The zero-order chi connectivity index (χ0) is 15.1. The lowest BCUT2D eigenvalue weighted by Gasteiger charge is -2.21. The molecule has 1 fully saturated rings. The van der Waals surface area contributed by atoms with E-state index in [-0.39, 0.29) is 6.42 Å². The first kappa shape index (κ1) is 14.5.